The van der Waals surface area contributed by atoms with Crippen LogP contribution in [0, 0.1) is 11.8 Å². The second-order valence-corrected chi connectivity index (χ2v) is 14.4. The Bertz CT molecular complexity index is 1950. The first-order valence-electron chi connectivity index (χ1n) is 17.9. The number of ether oxygens (including phenoxy) is 1. The number of fused-ring (bicyclic) bond motifs is 1. The van der Waals surface area contributed by atoms with Gasteiger partial charge < -0.3 is 34.9 Å². The summed E-state index contributed by atoms with van der Waals surface area (Å²) in [4.78, 5) is 71.9. The van der Waals surface area contributed by atoms with Crippen LogP contribution in [0.5, 0.6) is 0 Å². The highest BCUT2D eigenvalue weighted by Gasteiger charge is 2.40. The molecule has 2 aromatic heterocycles. The van der Waals surface area contributed by atoms with E-state index in [1.54, 1.807) is 9.80 Å². The van der Waals surface area contributed by atoms with E-state index in [1.165, 1.54) is 14.2 Å². The molecule has 0 bridgehead atoms. The van der Waals surface area contributed by atoms with E-state index >= 15 is 0 Å². The number of carbonyl (C=O) groups excluding carboxylic acids is 3. The number of hydrogen-bond donors (Lipinski definition) is 4. The summed E-state index contributed by atoms with van der Waals surface area (Å²) >= 11 is 0. The Morgan fingerprint density at radius 3 is 1.77 bits per heavy atom. The Balaban J connectivity index is 1.17. The molecular formula is C38H48N8O6. The van der Waals surface area contributed by atoms with Gasteiger partial charge in [0.25, 0.3) is 0 Å². The van der Waals surface area contributed by atoms with Gasteiger partial charge in [-0.15, -0.1) is 0 Å². The number of rotatable bonds is 10. The molecule has 0 aliphatic carbocycles. The van der Waals surface area contributed by atoms with E-state index in [4.69, 9.17) is 14.7 Å². The number of carboxylic acid groups (broad SMARTS) is 1. The van der Waals surface area contributed by atoms with Crippen LogP contribution < -0.4 is 5.32 Å². The maximum absolute atomic E-state index is 13.6. The Morgan fingerprint density at radius 1 is 0.827 bits per heavy atom. The van der Waals surface area contributed by atoms with E-state index < -0.39 is 24.3 Å². The number of aromatic amines is 2. The molecule has 4 amide bonds. The lowest BCUT2D eigenvalue weighted by molar-refractivity contribution is -0.138. The van der Waals surface area contributed by atoms with Crippen LogP contribution in [0.3, 0.4) is 0 Å². The SMILES string of the molecule is COC(=O)N[C@H](C(=O)N1CCC[C@H]1c1nc(-c2ccc3cc(-c4c[nH]c([C@@H]5CCCN5C(=O)[C@H](C(C)C)N(C)C(=O)O)n4)ccc3c2)c[nH]1)C(C)C. The number of benzene rings is 2. The standard InChI is InChI=1S/C38H48N8O6/c1-21(2)31(43-37(49)52-6)35(47)45-15-7-9-29(45)33-39-19-27(41-33)25-13-11-24-18-26(14-12-23(24)17-25)28-20-40-34(42-28)30-10-8-16-46(30)36(48)32(22(3)4)44(5)38(50)51/h11-14,17-22,29-32H,7-10,15-16H2,1-6H3,(H,39,41)(H,40,42)(H,43,49)(H,50,51)/t29-,30-,31-,32-/m0/s1. The molecule has 4 N–H and O–H groups in total. The molecule has 6 rings (SSSR count). The lowest BCUT2D eigenvalue weighted by Gasteiger charge is -2.33. The van der Waals surface area contributed by atoms with Gasteiger partial charge >= 0.3 is 12.2 Å². The lowest BCUT2D eigenvalue weighted by Crippen LogP contribution is -2.51. The first kappa shape index (κ1) is 36.4. The molecule has 14 nitrogen and oxygen atoms in total. The number of H-pyrrole nitrogens is 2. The number of nitrogens with zero attached hydrogens (tertiary/aromatic N) is 5. The Labute approximate surface area is 302 Å². The second-order valence-electron chi connectivity index (χ2n) is 14.4. The molecule has 0 spiro atoms. The van der Waals surface area contributed by atoms with Crippen molar-refractivity contribution in [3.63, 3.8) is 0 Å². The normalized spacial score (nSPS) is 18.6. The summed E-state index contributed by atoms with van der Waals surface area (Å²) in [7, 11) is 2.73. The monoisotopic (exact) mass is 712 g/mol. The molecule has 4 heterocycles. The second kappa shape index (κ2) is 15.1. The van der Waals surface area contributed by atoms with Crippen molar-refractivity contribution in [2.75, 3.05) is 27.2 Å². The summed E-state index contributed by atoms with van der Waals surface area (Å²) < 4.78 is 4.75. The van der Waals surface area contributed by atoms with Gasteiger partial charge in [0.05, 0.1) is 30.6 Å². The number of carbonyl (C=O) groups is 4. The van der Waals surface area contributed by atoms with Crippen LogP contribution >= 0.6 is 0 Å². The number of methoxy groups -OCH3 is 1. The number of alkyl carbamates (subject to hydrolysis) is 1. The first-order valence-corrected chi connectivity index (χ1v) is 17.9. The molecule has 2 aromatic carbocycles. The van der Waals surface area contributed by atoms with E-state index in [-0.39, 0.29) is 35.7 Å². The summed E-state index contributed by atoms with van der Waals surface area (Å²) in [6.07, 6.45) is 5.13. The highest BCUT2D eigenvalue weighted by atomic mass is 16.5. The highest BCUT2D eigenvalue weighted by molar-refractivity contribution is 5.90. The number of imidazole rings is 2. The van der Waals surface area contributed by atoms with Crippen LogP contribution in [0.15, 0.2) is 48.8 Å². The third-order valence-corrected chi connectivity index (χ3v) is 10.3. The molecule has 0 saturated carbocycles. The number of aromatic nitrogens is 4. The molecule has 276 valence electrons. The molecule has 2 fully saturated rings. The van der Waals surface area contributed by atoms with Crippen LogP contribution in [0.25, 0.3) is 33.3 Å². The molecule has 52 heavy (non-hydrogen) atoms. The lowest BCUT2D eigenvalue weighted by atomic mass is 10.0. The van der Waals surface area contributed by atoms with Crippen molar-refractivity contribution in [1.29, 1.82) is 0 Å². The van der Waals surface area contributed by atoms with Gasteiger partial charge in [-0.3, -0.25) is 14.5 Å². The van der Waals surface area contributed by atoms with Crippen molar-refractivity contribution >= 4 is 34.8 Å². The van der Waals surface area contributed by atoms with Gasteiger partial charge in [0.2, 0.25) is 11.8 Å². The minimum Gasteiger partial charge on any atom is -0.465 e. The van der Waals surface area contributed by atoms with Crippen LogP contribution in [-0.2, 0) is 14.3 Å². The first-order chi connectivity index (χ1) is 24.9. The van der Waals surface area contributed by atoms with Crippen LogP contribution in [-0.4, -0.2) is 103 Å². The van der Waals surface area contributed by atoms with Crippen molar-refractivity contribution in [1.82, 2.24) is 40.0 Å². The van der Waals surface area contributed by atoms with E-state index in [1.807, 2.05) is 58.3 Å². The van der Waals surface area contributed by atoms with E-state index in [9.17, 15) is 24.3 Å². The summed E-state index contributed by atoms with van der Waals surface area (Å²) in [5.41, 5.74) is 3.40. The van der Waals surface area contributed by atoms with Crippen molar-refractivity contribution < 1.29 is 29.0 Å². The molecule has 2 aliphatic heterocycles. The van der Waals surface area contributed by atoms with Gasteiger partial charge in [-0.05, 0) is 60.4 Å². The van der Waals surface area contributed by atoms with E-state index in [2.05, 4.69) is 33.5 Å². The molecule has 2 saturated heterocycles. The van der Waals surface area contributed by atoms with Crippen LogP contribution in [0.1, 0.15) is 77.1 Å². The van der Waals surface area contributed by atoms with Gasteiger partial charge in [0, 0.05) is 43.7 Å². The molecule has 4 aromatic rings. The largest absolute Gasteiger partial charge is 0.465 e. The number of likely N-dealkylation sites (N-methyl/N-ethyl adjacent to an activating group) is 1. The molecule has 0 unspecified atom stereocenters. The zero-order chi connectivity index (χ0) is 37.3. The zero-order valence-electron chi connectivity index (χ0n) is 30.6. The van der Waals surface area contributed by atoms with Gasteiger partial charge in [0.15, 0.2) is 0 Å². The van der Waals surface area contributed by atoms with Crippen molar-refractivity contribution in [2.24, 2.45) is 11.8 Å². The fourth-order valence-electron chi connectivity index (χ4n) is 7.57. The molecule has 4 atom stereocenters. The minimum absolute atomic E-state index is 0.112. The van der Waals surface area contributed by atoms with Crippen LogP contribution in [0.2, 0.25) is 0 Å². The quantitative estimate of drug-likeness (QED) is 0.156. The predicted molar refractivity (Wildman–Crippen MR) is 195 cm³/mol. The van der Waals surface area contributed by atoms with Gasteiger partial charge in [-0.1, -0.05) is 52.0 Å². The van der Waals surface area contributed by atoms with Crippen molar-refractivity contribution in [2.45, 2.75) is 77.5 Å². The van der Waals surface area contributed by atoms with E-state index in [0.717, 1.165) is 63.9 Å². The van der Waals surface area contributed by atoms with E-state index in [0.29, 0.717) is 24.7 Å². The highest BCUT2D eigenvalue weighted by Crippen LogP contribution is 2.36. The molecule has 0 radical (unpaired) electrons. The third kappa shape index (κ3) is 7.19. The number of nitrogens with one attached hydrogen (secondary N) is 3. The summed E-state index contributed by atoms with van der Waals surface area (Å²) in [6, 6.07) is 10.4. The van der Waals surface area contributed by atoms with Crippen molar-refractivity contribution in [3.05, 3.63) is 60.4 Å². The Morgan fingerprint density at radius 2 is 1.33 bits per heavy atom. The molecular weight excluding hydrogens is 664 g/mol. The molecule has 14 heteroatoms. The average Bonchev–Trinajstić information content (AvgIpc) is 3.95. The smallest absolute Gasteiger partial charge is 0.407 e. The summed E-state index contributed by atoms with van der Waals surface area (Å²) in [5, 5.41) is 14.3. The Hall–Kier alpha value is -5.40. The van der Waals surface area contributed by atoms with Gasteiger partial charge in [-0.2, -0.15) is 0 Å². The fourth-order valence-corrected chi connectivity index (χ4v) is 7.57. The maximum atomic E-state index is 13.6. The van der Waals surface area contributed by atoms with Crippen LogP contribution in [0.4, 0.5) is 9.59 Å². The fraction of sp³-hybridized carbons (Fsp3) is 0.474. The summed E-state index contributed by atoms with van der Waals surface area (Å²) in [5.74, 6) is 0.759. The summed E-state index contributed by atoms with van der Waals surface area (Å²) in [6.45, 7) is 8.64. The maximum Gasteiger partial charge on any atom is 0.407 e. The predicted octanol–water partition coefficient (Wildman–Crippen LogP) is 5.96. The zero-order valence-corrected chi connectivity index (χ0v) is 30.6. The van der Waals surface area contributed by atoms with Gasteiger partial charge in [0.1, 0.15) is 23.7 Å². The Kier molecular flexibility index (Phi) is 10.5. The third-order valence-electron chi connectivity index (χ3n) is 10.3. The van der Waals surface area contributed by atoms with Gasteiger partial charge in [-0.25, -0.2) is 19.6 Å². The molecule has 2 aliphatic rings. The average molecular weight is 713 g/mol. The number of hydrogen-bond acceptors (Lipinski definition) is 7. The van der Waals surface area contributed by atoms with Crippen molar-refractivity contribution in [3.8, 4) is 22.5 Å². The topological polar surface area (TPSA) is 177 Å². The number of likely N-dealkylation sites (tertiary alicyclic amines) is 2. The number of amides is 4. The minimum atomic E-state index is -1.13.